The van der Waals surface area contributed by atoms with Gasteiger partial charge in [-0.25, -0.2) is 0 Å². The maximum absolute atomic E-state index is 12.3. The first-order valence-corrected chi connectivity index (χ1v) is 7.16. The number of carbonyl (C=O) groups excluding carboxylic acids is 1. The predicted octanol–water partition coefficient (Wildman–Crippen LogP) is 3.12. The first-order chi connectivity index (χ1) is 8.49. The molecule has 0 aliphatic rings. The Balaban J connectivity index is 2.14. The van der Waals surface area contributed by atoms with Gasteiger partial charge in [0.15, 0.2) is 0 Å². The number of carbonyl (C=O) groups is 1. The van der Waals surface area contributed by atoms with E-state index in [9.17, 15) is 4.79 Å². The zero-order chi connectivity index (χ0) is 13.3. The minimum Gasteiger partial charge on any atom is -0.336 e. The van der Waals surface area contributed by atoms with Gasteiger partial charge in [-0.2, -0.15) is 5.10 Å². The highest BCUT2D eigenvalue weighted by atomic mass is 79.9. The minimum absolute atomic E-state index is 0.00303. The fraction of sp³-hybridized carbons (Fsp3) is 0.333. The fourth-order valence-corrected chi connectivity index (χ4v) is 3.30. The molecule has 0 fully saturated rings. The van der Waals surface area contributed by atoms with Crippen LogP contribution in [0.3, 0.4) is 0 Å². The zero-order valence-corrected chi connectivity index (χ0v) is 12.9. The van der Waals surface area contributed by atoms with Crippen molar-refractivity contribution in [1.29, 1.82) is 0 Å². The number of halogens is 1. The summed E-state index contributed by atoms with van der Waals surface area (Å²) in [6.45, 7) is 4.31. The fourth-order valence-electron chi connectivity index (χ4n) is 1.80. The van der Waals surface area contributed by atoms with Crippen molar-refractivity contribution in [1.82, 2.24) is 15.1 Å². The molecule has 96 valence electrons. The Morgan fingerprint density at radius 1 is 1.56 bits per heavy atom. The van der Waals surface area contributed by atoms with E-state index in [0.29, 0.717) is 12.1 Å². The molecular formula is C12H14BrN3OS. The van der Waals surface area contributed by atoms with E-state index in [4.69, 9.17) is 0 Å². The Morgan fingerprint density at radius 2 is 2.28 bits per heavy atom. The Morgan fingerprint density at radius 3 is 2.78 bits per heavy atom. The summed E-state index contributed by atoms with van der Waals surface area (Å²) in [6.07, 6.45) is 0. The standard InChI is InChI=1S/C12H14BrN3OS/c1-7-11(8(2)15-14-7)12(17)16(3)5-10-4-9(13)6-18-10/h4,6H,5H2,1-3H3,(H,14,15). The van der Waals surface area contributed by atoms with E-state index < -0.39 is 0 Å². The maximum Gasteiger partial charge on any atom is 0.257 e. The van der Waals surface area contributed by atoms with Gasteiger partial charge in [0.2, 0.25) is 0 Å². The second-order valence-electron chi connectivity index (χ2n) is 4.20. The summed E-state index contributed by atoms with van der Waals surface area (Å²) in [5.41, 5.74) is 2.24. The lowest BCUT2D eigenvalue weighted by molar-refractivity contribution is 0.0785. The van der Waals surface area contributed by atoms with Crippen LogP contribution in [0.25, 0.3) is 0 Å². The summed E-state index contributed by atoms with van der Waals surface area (Å²) in [5.74, 6) is 0.00303. The molecule has 4 nitrogen and oxygen atoms in total. The lowest BCUT2D eigenvalue weighted by atomic mass is 10.2. The number of nitrogens with zero attached hydrogens (tertiary/aromatic N) is 2. The zero-order valence-electron chi connectivity index (χ0n) is 10.5. The van der Waals surface area contributed by atoms with Crippen LogP contribution in [0.4, 0.5) is 0 Å². The van der Waals surface area contributed by atoms with Gasteiger partial charge >= 0.3 is 0 Å². The molecular weight excluding hydrogens is 314 g/mol. The largest absolute Gasteiger partial charge is 0.336 e. The molecule has 0 saturated carbocycles. The third-order valence-electron chi connectivity index (χ3n) is 2.70. The van der Waals surface area contributed by atoms with Gasteiger partial charge in [0.1, 0.15) is 0 Å². The van der Waals surface area contributed by atoms with Crippen LogP contribution in [0.1, 0.15) is 26.6 Å². The van der Waals surface area contributed by atoms with Gasteiger partial charge in [-0.1, -0.05) is 0 Å². The number of aryl methyl sites for hydroxylation is 2. The molecule has 18 heavy (non-hydrogen) atoms. The number of nitrogens with one attached hydrogen (secondary N) is 1. The lowest BCUT2D eigenvalue weighted by Gasteiger charge is -2.16. The summed E-state index contributed by atoms with van der Waals surface area (Å²) in [6, 6.07) is 2.03. The lowest BCUT2D eigenvalue weighted by Crippen LogP contribution is -2.26. The molecule has 0 unspecified atom stereocenters. The van der Waals surface area contributed by atoms with E-state index in [2.05, 4.69) is 26.1 Å². The second-order valence-corrected chi connectivity index (χ2v) is 6.11. The number of hydrogen-bond donors (Lipinski definition) is 1. The van der Waals surface area contributed by atoms with Gasteiger partial charge < -0.3 is 4.90 Å². The number of hydrogen-bond acceptors (Lipinski definition) is 3. The summed E-state index contributed by atoms with van der Waals surface area (Å²) in [4.78, 5) is 15.2. The first kappa shape index (κ1) is 13.3. The number of aromatic amines is 1. The van der Waals surface area contributed by atoms with Crippen molar-refractivity contribution in [3.05, 3.63) is 37.7 Å². The van der Waals surface area contributed by atoms with Crippen LogP contribution in [-0.4, -0.2) is 28.1 Å². The Hall–Kier alpha value is -1.14. The number of thiophene rings is 1. The normalized spacial score (nSPS) is 10.7. The highest BCUT2D eigenvalue weighted by Gasteiger charge is 2.19. The molecule has 0 aliphatic heterocycles. The maximum atomic E-state index is 12.3. The Labute approximate surface area is 118 Å². The van der Waals surface area contributed by atoms with E-state index in [1.54, 1.807) is 16.2 Å². The quantitative estimate of drug-likeness (QED) is 0.941. The van der Waals surface area contributed by atoms with Crippen molar-refractivity contribution in [3.8, 4) is 0 Å². The van der Waals surface area contributed by atoms with E-state index in [1.807, 2.05) is 32.3 Å². The number of rotatable bonds is 3. The van der Waals surface area contributed by atoms with Gasteiger partial charge in [0, 0.05) is 27.5 Å². The van der Waals surface area contributed by atoms with E-state index in [0.717, 1.165) is 20.7 Å². The van der Waals surface area contributed by atoms with Crippen LogP contribution < -0.4 is 0 Å². The Bertz CT molecular complexity index is 556. The van der Waals surface area contributed by atoms with Crippen molar-refractivity contribution in [3.63, 3.8) is 0 Å². The molecule has 0 spiro atoms. The highest BCUT2D eigenvalue weighted by molar-refractivity contribution is 9.10. The van der Waals surface area contributed by atoms with E-state index in [1.165, 1.54) is 0 Å². The van der Waals surface area contributed by atoms with Gasteiger partial charge in [-0.15, -0.1) is 11.3 Å². The average Bonchev–Trinajstić information content (AvgIpc) is 2.85. The van der Waals surface area contributed by atoms with Crippen molar-refractivity contribution < 1.29 is 4.79 Å². The van der Waals surface area contributed by atoms with Gasteiger partial charge in [0.25, 0.3) is 5.91 Å². The summed E-state index contributed by atoms with van der Waals surface area (Å²) in [5, 5.41) is 8.91. The number of H-pyrrole nitrogens is 1. The van der Waals surface area contributed by atoms with E-state index in [-0.39, 0.29) is 5.91 Å². The third kappa shape index (κ3) is 2.64. The molecule has 6 heteroatoms. The van der Waals surface area contributed by atoms with Crippen LogP contribution in [0.2, 0.25) is 0 Å². The van der Waals surface area contributed by atoms with Crippen molar-refractivity contribution >= 4 is 33.2 Å². The van der Waals surface area contributed by atoms with E-state index >= 15 is 0 Å². The number of amides is 1. The molecule has 0 bridgehead atoms. The molecule has 2 aromatic heterocycles. The predicted molar refractivity (Wildman–Crippen MR) is 75.9 cm³/mol. The third-order valence-corrected chi connectivity index (χ3v) is 4.39. The smallest absolute Gasteiger partial charge is 0.257 e. The summed E-state index contributed by atoms with van der Waals surface area (Å²) < 4.78 is 1.05. The molecule has 0 aliphatic carbocycles. The Kier molecular flexibility index (Phi) is 3.87. The SMILES string of the molecule is Cc1n[nH]c(C)c1C(=O)N(C)Cc1cc(Br)cs1. The minimum atomic E-state index is 0.00303. The monoisotopic (exact) mass is 327 g/mol. The average molecular weight is 328 g/mol. The molecule has 0 atom stereocenters. The second kappa shape index (κ2) is 5.24. The number of aromatic nitrogens is 2. The molecule has 0 aromatic carbocycles. The molecule has 2 rings (SSSR count). The van der Waals surface area contributed by atoms with Crippen molar-refractivity contribution in [2.45, 2.75) is 20.4 Å². The first-order valence-electron chi connectivity index (χ1n) is 5.49. The topological polar surface area (TPSA) is 49.0 Å². The molecule has 2 aromatic rings. The van der Waals surface area contributed by atoms with Gasteiger partial charge in [-0.05, 0) is 35.8 Å². The van der Waals surface area contributed by atoms with Gasteiger partial charge in [-0.3, -0.25) is 9.89 Å². The molecule has 1 amide bonds. The van der Waals surface area contributed by atoms with Crippen molar-refractivity contribution in [2.75, 3.05) is 7.05 Å². The van der Waals surface area contributed by atoms with Crippen molar-refractivity contribution in [2.24, 2.45) is 0 Å². The summed E-state index contributed by atoms with van der Waals surface area (Å²) >= 11 is 5.05. The summed E-state index contributed by atoms with van der Waals surface area (Å²) in [7, 11) is 1.81. The van der Waals surface area contributed by atoms with Crippen LogP contribution in [0, 0.1) is 13.8 Å². The molecule has 0 radical (unpaired) electrons. The van der Waals surface area contributed by atoms with Crippen LogP contribution in [0.15, 0.2) is 15.9 Å². The van der Waals surface area contributed by atoms with Gasteiger partial charge in [0.05, 0.1) is 17.8 Å². The highest BCUT2D eigenvalue weighted by Crippen LogP contribution is 2.22. The van der Waals surface area contributed by atoms with Crippen LogP contribution in [-0.2, 0) is 6.54 Å². The van der Waals surface area contributed by atoms with Crippen LogP contribution >= 0.6 is 27.3 Å². The molecule has 2 heterocycles. The molecule has 1 N–H and O–H groups in total. The van der Waals surface area contributed by atoms with Crippen LogP contribution in [0.5, 0.6) is 0 Å². The molecule has 0 saturated heterocycles.